The maximum Gasteiger partial charge on any atom is 0.319 e. The maximum atomic E-state index is 11.3. The van der Waals surface area contributed by atoms with E-state index in [0.29, 0.717) is 18.0 Å². The summed E-state index contributed by atoms with van der Waals surface area (Å²) in [5.74, 6) is 0.600. The molecule has 2 amide bonds. The highest BCUT2D eigenvalue weighted by molar-refractivity contribution is 7.18. The summed E-state index contributed by atoms with van der Waals surface area (Å²) in [6, 6.07) is 14.7. The van der Waals surface area contributed by atoms with Crippen molar-refractivity contribution in [1.82, 2.24) is 4.98 Å². The lowest BCUT2D eigenvalue weighted by Gasteiger charge is -2.18. The fraction of sp³-hybridized carbons (Fsp3) is 0.125. The maximum absolute atomic E-state index is 11.3. The molecule has 3 aromatic rings. The Morgan fingerprint density at radius 3 is 2.73 bits per heavy atom. The fourth-order valence-electron chi connectivity index (χ4n) is 2.10. The second-order valence-electron chi connectivity index (χ2n) is 4.73. The number of fused-ring (bicyclic) bond motifs is 1. The lowest BCUT2D eigenvalue weighted by atomic mass is 10.3. The van der Waals surface area contributed by atoms with E-state index in [4.69, 9.17) is 10.5 Å². The monoisotopic (exact) mass is 313 g/mol. The molecule has 0 aliphatic heterocycles. The van der Waals surface area contributed by atoms with E-state index in [-0.39, 0.29) is 0 Å². The Morgan fingerprint density at radius 2 is 1.95 bits per heavy atom. The van der Waals surface area contributed by atoms with Crippen molar-refractivity contribution in [3.63, 3.8) is 0 Å². The normalized spacial score (nSPS) is 10.6. The molecule has 1 heterocycles. The zero-order valence-electron chi connectivity index (χ0n) is 12.0. The van der Waals surface area contributed by atoms with Crippen LogP contribution in [0.1, 0.15) is 5.01 Å². The molecule has 22 heavy (non-hydrogen) atoms. The van der Waals surface area contributed by atoms with Crippen LogP contribution in [0.25, 0.3) is 10.2 Å². The number of anilines is 1. The van der Waals surface area contributed by atoms with Crippen LogP contribution in [0.15, 0.2) is 48.5 Å². The number of carbonyl (C=O) groups is 1. The van der Waals surface area contributed by atoms with Gasteiger partial charge in [0, 0.05) is 7.05 Å². The standard InChI is InChI=1S/C16H15N3O2S/c1-19(16(17)20)12-7-3-4-8-13(12)21-10-15-18-11-6-2-5-9-14(11)22-15/h2-9H,10H2,1H3,(H2,17,20). The van der Waals surface area contributed by atoms with Gasteiger partial charge in [-0.15, -0.1) is 11.3 Å². The molecular formula is C16H15N3O2S. The molecule has 0 atom stereocenters. The Kier molecular flexibility index (Phi) is 3.93. The van der Waals surface area contributed by atoms with E-state index in [1.54, 1.807) is 24.5 Å². The molecule has 0 spiro atoms. The molecule has 0 aliphatic carbocycles. The number of nitrogens with two attached hydrogens (primary N) is 1. The largest absolute Gasteiger partial charge is 0.484 e. The molecule has 3 rings (SSSR count). The number of ether oxygens (including phenoxy) is 1. The molecule has 0 aliphatic rings. The van der Waals surface area contributed by atoms with Crippen LogP contribution in [0.3, 0.4) is 0 Å². The van der Waals surface area contributed by atoms with Crippen molar-refractivity contribution in [3.8, 4) is 5.75 Å². The summed E-state index contributed by atoms with van der Waals surface area (Å²) in [6.07, 6.45) is 0. The third-order valence-corrected chi connectivity index (χ3v) is 4.26. The van der Waals surface area contributed by atoms with Gasteiger partial charge in [0.2, 0.25) is 0 Å². The number of primary amides is 1. The van der Waals surface area contributed by atoms with Crippen LogP contribution in [0.5, 0.6) is 5.75 Å². The van der Waals surface area contributed by atoms with Crippen LogP contribution < -0.4 is 15.4 Å². The predicted octanol–water partition coefficient (Wildman–Crippen LogP) is 3.39. The van der Waals surface area contributed by atoms with Crippen LogP contribution in [0.2, 0.25) is 0 Å². The summed E-state index contributed by atoms with van der Waals surface area (Å²) in [4.78, 5) is 17.2. The van der Waals surface area contributed by atoms with E-state index in [1.165, 1.54) is 4.90 Å². The first-order valence-electron chi connectivity index (χ1n) is 6.74. The molecule has 112 valence electrons. The predicted molar refractivity (Wildman–Crippen MR) is 88.4 cm³/mol. The number of hydrogen-bond donors (Lipinski definition) is 1. The highest BCUT2D eigenvalue weighted by Gasteiger charge is 2.13. The van der Waals surface area contributed by atoms with E-state index in [0.717, 1.165) is 15.2 Å². The average molecular weight is 313 g/mol. The van der Waals surface area contributed by atoms with Gasteiger partial charge in [-0.1, -0.05) is 24.3 Å². The fourth-order valence-corrected chi connectivity index (χ4v) is 2.98. The average Bonchev–Trinajstić information content (AvgIpc) is 2.95. The number of amides is 2. The van der Waals surface area contributed by atoms with E-state index >= 15 is 0 Å². The summed E-state index contributed by atoms with van der Waals surface area (Å²) in [5, 5.41) is 0.887. The zero-order chi connectivity index (χ0) is 15.5. The molecule has 0 bridgehead atoms. The van der Waals surface area contributed by atoms with Crippen LogP contribution in [-0.4, -0.2) is 18.1 Å². The third-order valence-electron chi connectivity index (χ3n) is 3.25. The minimum atomic E-state index is -0.531. The minimum absolute atomic E-state index is 0.350. The Balaban J connectivity index is 1.80. The van der Waals surface area contributed by atoms with Gasteiger partial charge in [0.25, 0.3) is 0 Å². The Morgan fingerprint density at radius 1 is 1.23 bits per heavy atom. The Labute approximate surface area is 131 Å². The number of urea groups is 1. The number of aromatic nitrogens is 1. The molecule has 0 saturated heterocycles. The first-order valence-corrected chi connectivity index (χ1v) is 7.56. The molecule has 5 nitrogen and oxygen atoms in total. The number of para-hydroxylation sites is 3. The van der Waals surface area contributed by atoms with Crippen LogP contribution in [0, 0.1) is 0 Å². The van der Waals surface area contributed by atoms with Gasteiger partial charge in [-0.05, 0) is 24.3 Å². The van der Waals surface area contributed by atoms with Crippen LogP contribution >= 0.6 is 11.3 Å². The van der Waals surface area contributed by atoms with Crippen LogP contribution in [0.4, 0.5) is 10.5 Å². The van der Waals surface area contributed by atoms with E-state index < -0.39 is 6.03 Å². The van der Waals surface area contributed by atoms with Crippen molar-refractivity contribution < 1.29 is 9.53 Å². The first kappa shape index (κ1) is 14.3. The number of carbonyl (C=O) groups excluding carboxylic acids is 1. The van der Waals surface area contributed by atoms with Gasteiger partial charge in [0.05, 0.1) is 15.9 Å². The Hall–Kier alpha value is -2.60. The van der Waals surface area contributed by atoms with E-state index in [9.17, 15) is 4.79 Å². The lowest BCUT2D eigenvalue weighted by molar-refractivity contribution is 0.254. The number of hydrogen-bond acceptors (Lipinski definition) is 4. The lowest BCUT2D eigenvalue weighted by Crippen LogP contribution is -2.32. The Bertz CT molecular complexity index is 783. The van der Waals surface area contributed by atoms with Crippen molar-refractivity contribution in [1.29, 1.82) is 0 Å². The first-order chi connectivity index (χ1) is 10.6. The van der Waals surface area contributed by atoms with E-state index in [1.807, 2.05) is 42.5 Å². The topological polar surface area (TPSA) is 68.5 Å². The molecule has 0 unspecified atom stereocenters. The SMILES string of the molecule is CN(C(N)=O)c1ccccc1OCc1nc2ccccc2s1. The number of benzene rings is 2. The molecule has 0 radical (unpaired) electrons. The number of nitrogens with zero attached hydrogens (tertiary/aromatic N) is 2. The summed E-state index contributed by atoms with van der Waals surface area (Å²) in [6.45, 7) is 0.350. The van der Waals surface area contributed by atoms with Gasteiger partial charge in [-0.25, -0.2) is 9.78 Å². The highest BCUT2D eigenvalue weighted by Crippen LogP contribution is 2.29. The van der Waals surface area contributed by atoms with Crippen molar-refractivity contribution in [2.45, 2.75) is 6.61 Å². The quantitative estimate of drug-likeness (QED) is 0.802. The summed E-state index contributed by atoms with van der Waals surface area (Å²) >= 11 is 1.60. The van der Waals surface area contributed by atoms with Crippen molar-refractivity contribution in [2.24, 2.45) is 5.73 Å². The molecular weight excluding hydrogens is 298 g/mol. The van der Waals surface area contributed by atoms with Gasteiger partial charge in [0.15, 0.2) is 0 Å². The summed E-state index contributed by atoms with van der Waals surface area (Å²) in [5.41, 5.74) is 6.92. The second-order valence-corrected chi connectivity index (χ2v) is 5.84. The third kappa shape index (κ3) is 2.87. The van der Waals surface area contributed by atoms with E-state index in [2.05, 4.69) is 4.98 Å². The summed E-state index contributed by atoms with van der Waals surface area (Å²) < 4.78 is 6.95. The van der Waals surface area contributed by atoms with Gasteiger partial charge in [0.1, 0.15) is 17.4 Å². The summed E-state index contributed by atoms with van der Waals surface area (Å²) in [7, 11) is 1.61. The second kappa shape index (κ2) is 6.03. The van der Waals surface area contributed by atoms with Crippen LogP contribution in [-0.2, 0) is 6.61 Å². The van der Waals surface area contributed by atoms with Gasteiger partial charge >= 0.3 is 6.03 Å². The van der Waals surface area contributed by atoms with Gasteiger partial charge in [-0.2, -0.15) is 0 Å². The molecule has 2 aromatic carbocycles. The molecule has 1 aromatic heterocycles. The van der Waals surface area contributed by atoms with Crippen molar-refractivity contribution >= 4 is 33.3 Å². The smallest absolute Gasteiger partial charge is 0.319 e. The van der Waals surface area contributed by atoms with Crippen molar-refractivity contribution in [2.75, 3.05) is 11.9 Å². The molecule has 2 N–H and O–H groups in total. The molecule has 6 heteroatoms. The molecule has 0 saturated carbocycles. The number of rotatable bonds is 4. The minimum Gasteiger partial charge on any atom is -0.484 e. The van der Waals surface area contributed by atoms with Gasteiger partial charge in [-0.3, -0.25) is 4.90 Å². The zero-order valence-corrected chi connectivity index (χ0v) is 12.8. The molecule has 0 fully saturated rings. The van der Waals surface area contributed by atoms with Gasteiger partial charge < -0.3 is 10.5 Å². The highest BCUT2D eigenvalue weighted by atomic mass is 32.1. The number of thiazole rings is 1. The van der Waals surface area contributed by atoms with Crippen molar-refractivity contribution in [3.05, 3.63) is 53.5 Å².